The molecule has 0 amide bonds. The molecule has 2 heterocycles. The van der Waals surface area contributed by atoms with Crippen molar-refractivity contribution in [1.82, 2.24) is 15.3 Å². The zero-order valence-electron chi connectivity index (χ0n) is 9.53. The van der Waals surface area contributed by atoms with Crippen molar-refractivity contribution in [3.63, 3.8) is 0 Å². The van der Waals surface area contributed by atoms with Crippen LogP contribution in [0.1, 0.15) is 25.0 Å². The van der Waals surface area contributed by atoms with Crippen molar-refractivity contribution in [2.75, 3.05) is 11.9 Å². The van der Waals surface area contributed by atoms with Gasteiger partial charge < -0.3 is 10.7 Å². The van der Waals surface area contributed by atoms with Crippen LogP contribution in [0.15, 0.2) is 12.3 Å². The van der Waals surface area contributed by atoms with Crippen LogP contribution in [0, 0.1) is 10.8 Å². The monoisotopic (exact) mass is 232 g/mol. The molecule has 0 spiro atoms. The van der Waals surface area contributed by atoms with Gasteiger partial charge in [0.25, 0.3) is 0 Å². The Labute approximate surface area is 99.9 Å². The molecule has 1 saturated heterocycles. The maximum atomic E-state index is 7.52. The molecule has 6 nitrogen and oxygen atoms in total. The summed E-state index contributed by atoms with van der Waals surface area (Å²) < 4.78 is 0. The second kappa shape index (κ2) is 5.49. The second-order valence-electron chi connectivity index (χ2n) is 3.97. The quantitative estimate of drug-likeness (QED) is 0.582. The van der Waals surface area contributed by atoms with Crippen molar-refractivity contribution in [3.8, 4) is 0 Å². The van der Waals surface area contributed by atoms with Gasteiger partial charge >= 0.3 is 0 Å². The number of piperidine rings is 1. The summed E-state index contributed by atoms with van der Waals surface area (Å²) in [7, 11) is 0. The summed E-state index contributed by atoms with van der Waals surface area (Å²) in [5, 5.41) is 21.1. The first-order valence-corrected chi connectivity index (χ1v) is 5.72. The Morgan fingerprint density at radius 2 is 2.41 bits per heavy atom. The first-order valence-electron chi connectivity index (χ1n) is 5.72. The van der Waals surface area contributed by atoms with Gasteiger partial charge in [-0.05, 0) is 31.9 Å². The third-order valence-corrected chi connectivity index (χ3v) is 2.69. The van der Waals surface area contributed by atoms with Gasteiger partial charge in [0.05, 0.1) is 17.6 Å². The summed E-state index contributed by atoms with van der Waals surface area (Å²) in [5.74, 6) is 0.508. The molecule has 6 heteroatoms. The molecule has 1 unspecified atom stereocenters. The van der Waals surface area contributed by atoms with Gasteiger partial charge in [-0.3, -0.25) is 10.7 Å². The summed E-state index contributed by atoms with van der Waals surface area (Å²) in [6.45, 7) is 1.01. The Kier molecular flexibility index (Phi) is 3.77. The van der Waals surface area contributed by atoms with E-state index in [0.29, 0.717) is 11.6 Å². The predicted molar refractivity (Wildman–Crippen MR) is 66.9 cm³/mol. The van der Waals surface area contributed by atoms with E-state index >= 15 is 0 Å². The van der Waals surface area contributed by atoms with E-state index in [1.165, 1.54) is 12.8 Å². The topological polar surface area (TPSA) is 97.5 Å². The number of anilines is 1. The molecule has 17 heavy (non-hydrogen) atoms. The highest BCUT2D eigenvalue weighted by Crippen LogP contribution is 2.09. The Balaban J connectivity index is 2.05. The zero-order chi connectivity index (χ0) is 12.1. The average Bonchev–Trinajstić information content (AvgIpc) is 2.39. The summed E-state index contributed by atoms with van der Waals surface area (Å²) in [6.07, 6.45) is 6.23. The minimum atomic E-state index is 0.0899. The predicted octanol–water partition coefficient (Wildman–Crippen LogP) is 1.01. The molecule has 1 aliphatic rings. The first kappa shape index (κ1) is 11.7. The summed E-state index contributed by atoms with van der Waals surface area (Å²) in [6, 6.07) is 1.63. The standard InChI is InChI=1S/C11H16N6/c12-7-8(13)9-4-6-15-11(16-9)17-10-3-1-2-5-14-10/h4,6-7,10,12-14H,1-3,5H2,(H,15,16,17). The SMILES string of the molecule is N=CC(=N)c1ccnc(NC2CCCCN2)n1. The van der Waals surface area contributed by atoms with E-state index in [-0.39, 0.29) is 11.9 Å². The third-order valence-electron chi connectivity index (χ3n) is 2.69. The smallest absolute Gasteiger partial charge is 0.224 e. The highest BCUT2D eigenvalue weighted by molar-refractivity contribution is 6.35. The van der Waals surface area contributed by atoms with Gasteiger partial charge in [-0.25, -0.2) is 9.97 Å². The maximum Gasteiger partial charge on any atom is 0.224 e. The van der Waals surface area contributed by atoms with Crippen LogP contribution in [0.2, 0.25) is 0 Å². The lowest BCUT2D eigenvalue weighted by Gasteiger charge is -2.24. The molecular formula is C11H16N6. The third kappa shape index (κ3) is 3.07. The number of hydrogen-bond acceptors (Lipinski definition) is 6. The zero-order valence-corrected chi connectivity index (χ0v) is 9.53. The fraction of sp³-hybridized carbons (Fsp3) is 0.455. The molecule has 0 radical (unpaired) electrons. The lowest BCUT2D eigenvalue weighted by atomic mass is 10.1. The molecule has 1 fully saturated rings. The molecule has 1 atom stereocenters. The van der Waals surface area contributed by atoms with E-state index in [4.69, 9.17) is 10.8 Å². The Hall–Kier alpha value is -1.82. The van der Waals surface area contributed by atoms with E-state index in [1.54, 1.807) is 12.3 Å². The number of rotatable bonds is 4. The van der Waals surface area contributed by atoms with Crippen LogP contribution in [-0.4, -0.2) is 34.6 Å². The summed E-state index contributed by atoms with van der Waals surface area (Å²) in [4.78, 5) is 8.32. The van der Waals surface area contributed by atoms with Crippen LogP contribution in [0.25, 0.3) is 0 Å². The molecule has 0 saturated carbocycles. The van der Waals surface area contributed by atoms with Gasteiger partial charge in [0.15, 0.2) is 0 Å². The van der Waals surface area contributed by atoms with Crippen LogP contribution >= 0.6 is 0 Å². The van der Waals surface area contributed by atoms with Gasteiger partial charge in [-0.1, -0.05) is 0 Å². The Bertz CT molecular complexity index is 410. The Morgan fingerprint density at radius 3 is 3.12 bits per heavy atom. The van der Waals surface area contributed by atoms with E-state index in [0.717, 1.165) is 19.2 Å². The van der Waals surface area contributed by atoms with E-state index < -0.39 is 0 Å². The van der Waals surface area contributed by atoms with Crippen molar-refractivity contribution >= 4 is 17.9 Å². The van der Waals surface area contributed by atoms with Crippen molar-refractivity contribution in [3.05, 3.63) is 18.0 Å². The molecule has 0 aromatic carbocycles. The molecule has 0 bridgehead atoms. The molecule has 0 aliphatic carbocycles. The van der Waals surface area contributed by atoms with Crippen LogP contribution in [0.4, 0.5) is 5.95 Å². The van der Waals surface area contributed by atoms with E-state index in [1.807, 2.05) is 0 Å². The lowest BCUT2D eigenvalue weighted by molar-refractivity contribution is 0.431. The first-order chi connectivity index (χ1) is 8.29. The van der Waals surface area contributed by atoms with Crippen molar-refractivity contribution < 1.29 is 0 Å². The van der Waals surface area contributed by atoms with Gasteiger partial charge in [0.1, 0.15) is 0 Å². The Morgan fingerprint density at radius 1 is 1.53 bits per heavy atom. The van der Waals surface area contributed by atoms with Crippen LogP contribution in [0.5, 0.6) is 0 Å². The molecular weight excluding hydrogens is 216 g/mol. The van der Waals surface area contributed by atoms with Crippen molar-refractivity contribution in [1.29, 1.82) is 10.8 Å². The maximum absolute atomic E-state index is 7.52. The van der Waals surface area contributed by atoms with Crippen LogP contribution in [-0.2, 0) is 0 Å². The fourth-order valence-electron chi connectivity index (χ4n) is 1.78. The minimum Gasteiger partial charge on any atom is -0.339 e. The van der Waals surface area contributed by atoms with Gasteiger partial charge in [0, 0.05) is 12.4 Å². The molecule has 1 aromatic rings. The summed E-state index contributed by atoms with van der Waals surface area (Å²) in [5.41, 5.74) is 0.556. The summed E-state index contributed by atoms with van der Waals surface area (Å²) >= 11 is 0. The molecule has 1 aromatic heterocycles. The van der Waals surface area contributed by atoms with Crippen molar-refractivity contribution in [2.24, 2.45) is 0 Å². The molecule has 90 valence electrons. The van der Waals surface area contributed by atoms with Crippen LogP contribution in [0.3, 0.4) is 0 Å². The fourth-order valence-corrected chi connectivity index (χ4v) is 1.78. The number of nitrogens with zero attached hydrogens (tertiary/aromatic N) is 2. The highest BCUT2D eigenvalue weighted by atomic mass is 15.2. The molecule has 2 rings (SSSR count). The largest absolute Gasteiger partial charge is 0.339 e. The second-order valence-corrected chi connectivity index (χ2v) is 3.97. The lowest BCUT2D eigenvalue weighted by Crippen LogP contribution is -2.40. The number of hydrogen-bond donors (Lipinski definition) is 4. The van der Waals surface area contributed by atoms with Crippen LogP contribution < -0.4 is 10.6 Å². The molecule has 4 N–H and O–H groups in total. The van der Waals surface area contributed by atoms with E-state index in [2.05, 4.69) is 20.6 Å². The minimum absolute atomic E-state index is 0.0899. The van der Waals surface area contributed by atoms with Gasteiger partial charge in [-0.15, -0.1) is 0 Å². The number of aromatic nitrogens is 2. The van der Waals surface area contributed by atoms with Crippen molar-refractivity contribution in [2.45, 2.75) is 25.4 Å². The van der Waals surface area contributed by atoms with E-state index in [9.17, 15) is 0 Å². The highest BCUT2D eigenvalue weighted by Gasteiger charge is 2.13. The molecule has 1 aliphatic heterocycles. The van der Waals surface area contributed by atoms with Gasteiger partial charge in [-0.2, -0.15) is 0 Å². The normalized spacial score (nSPS) is 19.6. The number of nitrogens with one attached hydrogen (secondary N) is 4. The average molecular weight is 232 g/mol. The van der Waals surface area contributed by atoms with Gasteiger partial charge in [0.2, 0.25) is 5.95 Å².